The van der Waals surface area contributed by atoms with Crippen LogP contribution in [0.4, 0.5) is 0 Å². The molecular weight excluding hydrogens is 212 g/mol. The van der Waals surface area contributed by atoms with E-state index in [0.29, 0.717) is 12.8 Å². The van der Waals surface area contributed by atoms with Crippen LogP contribution < -0.4 is 0 Å². The van der Waals surface area contributed by atoms with E-state index in [9.17, 15) is 10.2 Å². The van der Waals surface area contributed by atoms with Crippen molar-refractivity contribution in [3.05, 3.63) is 34.9 Å². The number of hydrogen-bond donors (Lipinski definition) is 2. The monoisotopic (exact) mass is 234 g/mol. The van der Waals surface area contributed by atoms with Gasteiger partial charge in [-0.3, -0.25) is 0 Å². The molecule has 0 amide bonds. The Morgan fingerprint density at radius 3 is 2.41 bits per heavy atom. The van der Waals surface area contributed by atoms with E-state index >= 15 is 0 Å². The van der Waals surface area contributed by atoms with Crippen molar-refractivity contribution in [1.82, 2.24) is 0 Å². The molecule has 94 valence electrons. The molecule has 0 aliphatic heterocycles. The summed E-state index contributed by atoms with van der Waals surface area (Å²) in [5.41, 5.74) is 2.23. The molecule has 0 heterocycles. The molecule has 0 saturated heterocycles. The molecule has 1 aromatic rings. The van der Waals surface area contributed by atoms with Gasteiger partial charge >= 0.3 is 0 Å². The molecule has 0 bridgehead atoms. The van der Waals surface area contributed by atoms with Gasteiger partial charge in [-0.05, 0) is 43.4 Å². The van der Waals surface area contributed by atoms with E-state index in [0.717, 1.165) is 24.0 Å². The standard InChI is InChI=1S/C15H22O2/c1-11-7-6-8-13(12(11)2)14(16)15(17)9-4-3-5-10-15/h6-8,14,16-17H,3-5,9-10H2,1-2H3. The Morgan fingerprint density at radius 1 is 1.12 bits per heavy atom. The summed E-state index contributed by atoms with van der Waals surface area (Å²) in [7, 11) is 0. The minimum absolute atomic E-state index is 0.710. The molecule has 2 N–H and O–H groups in total. The largest absolute Gasteiger partial charge is 0.387 e. The second-order valence-electron chi connectivity index (χ2n) is 5.36. The topological polar surface area (TPSA) is 40.5 Å². The van der Waals surface area contributed by atoms with Crippen molar-refractivity contribution in [2.24, 2.45) is 0 Å². The number of hydrogen-bond acceptors (Lipinski definition) is 2. The smallest absolute Gasteiger partial charge is 0.108 e. The van der Waals surface area contributed by atoms with Gasteiger partial charge in [0, 0.05) is 0 Å². The third kappa shape index (κ3) is 2.38. The predicted octanol–water partition coefficient (Wildman–Crippen LogP) is 3.03. The van der Waals surface area contributed by atoms with Gasteiger partial charge in [-0.15, -0.1) is 0 Å². The number of aliphatic hydroxyl groups excluding tert-OH is 1. The summed E-state index contributed by atoms with van der Waals surface area (Å²) in [5.74, 6) is 0. The summed E-state index contributed by atoms with van der Waals surface area (Å²) in [5, 5.41) is 21.0. The summed E-state index contributed by atoms with van der Waals surface area (Å²) < 4.78 is 0. The SMILES string of the molecule is Cc1cccc(C(O)C2(O)CCCCC2)c1C. The Hall–Kier alpha value is -0.860. The van der Waals surface area contributed by atoms with Gasteiger partial charge in [0.25, 0.3) is 0 Å². The molecule has 0 aromatic heterocycles. The van der Waals surface area contributed by atoms with Crippen LogP contribution in [0.25, 0.3) is 0 Å². The summed E-state index contributed by atoms with van der Waals surface area (Å²) in [4.78, 5) is 0. The Morgan fingerprint density at radius 2 is 1.76 bits per heavy atom. The van der Waals surface area contributed by atoms with Crippen molar-refractivity contribution < 1.29 is 10.2 Å². The van der Waals surface area contributed by atoms with E-state index in [-0.39, 0.29) is 0 Å². The van der Waals surface area contributed by atoms with E-state index in [1.165, 1.54) is 12.0 Å². The minimum Gasteiger partial charge on any atom is -0.387 e. The lowest BCUT2D eigenvalue weighted by atomic mass is 9.77. The molecule has 0 radical (unpaired) electrons. The molecule has 1 atom stereocenters. The second kappa shape index (κ2) is 4.79. The number of benzene rings is 1. The molecule has 2 heteroatoms. The molecule has 2 nitrogen and oxygen atoms in total. The van der Waals surface area contributed by atoms with Gasteiger partial charge in [0.2, 0.25) is 0 Å². The van der Waals surface area contributed by atoms with Crippen LogP contribution in [0, 0.1) is 13.8 Å². The van der Waals surface area contributed by atoms with Crippen LogP contribution in [0.15, 0.2) is 18.2 Å². The van der Waals surface area contributed by atoms with Gasteiger partial charge in [-0.25, -0.2) is 0 Å². The number of rotatable bonds is 2. The zero-order chi connectivity index (χ0) is 12.5. The van der Waals surface area contributed by atoms with Crippen molar-refractivity contribution in [2.45, 2.75) is 57.7 Å². The highest BCUT2D eigenvalue weighted by atomic mass is 16.3. The summed E-state index contributed by atoms with van der Waals surface area (Å²) in [6, 6.07) is 5.92. The van der Waals surface area contributed by atoms with E-state index in [1.54, 1.807) is 0 Å². The van der Waals surface area contributed by atoms with Crippen molar-refractivity contribution in [2.75, 3.05) is 0 Å². The Kier molecular flexibility index (Phi) is 3.55. The highest BCUT2D eigenvalue weighted by Gasteiger charge is 2.38. The minimum atomic E-state index is -0.920. The van der Waals surface area contributed by atoms with Gasteiger partial charge in [0.15, 0.2) is 0 Å². The second-order valence-corrected chi connectivity index (χ2v) is 5.36. The molecule has 17 heavy (non-hydrogen) atoms. The fourth-order valence-electron chi connectivity index (χ4n) is 2.80. The third-order valence-corrected chi connectivity index (χ3v) is 4.17. The van der Waals surface area contributed by atoms with E-state index < -0.39 is 11.7 Å². The van der Waals surface area contributed by atoms with Crippen LogP contribution in [0.5, 0.6) is 0 Å². The van der Waals surface area contributed by atoms with Crippen molar-refractivity contribution in [1.29, 1.82) is 0 Å². The molecule has 2 rings (SSSR count). The van der Waals surface area contributed by atoms with E-state index in [1.807, 2.05) is 32.0 Å². The lowest BCUT2D eigenvalue weighted by molar-refractivity contribution is -0.0994. The summed E-state index contributed by atoms with van der Waals surface area (Å²) in [6.07, 6.45) is 3.87. The van der Waals surface area contributed by atoms with Gasteiger partial charge < -0.3 is 10.2 Å². The normalized spacial score (nSPS) is 21.2. The van der Waals surface area contributed by atoms with Crippen LogP contribution in [0.2, 0.25) is 0 Å². The van der Waals surface area contributed by atoms with Crippen molar-refractivity contribution >= 4 is 0 Å². The number of aliphatic hydroxyl groups is 2. The Bertz CT molecular complexity index is 392. The molecule has 1 unspecified atom stereocenters. The quantitative estimate of drug-likeness (QED) is 0.825. The van der Waals surface area contributed by atoms with E-state index in [2.05, 4.69) is 0 Å². The lowest BCUT2D eigenvalue weighted by Crippen LogP contribution is -2.38. The van der Waals surface area contributed by atoms with Crippen LogP contribution in [-0.4, -0.2) is 15.8 Å². The molecule has 0 spiro atoms. The average molecular weight is 234 g/mol. The lowest BCUT2D eigenvalue weighted by Gasteiger charge is -2.37. The van der Waals surface area contributed by atoms with Crippen molar-refractivity contribution in [3.8, 4) is 0 Å². The Labute approximate surface area is 103 Å². The molecule has 1 saturated carbocycles. The van der Waals surface area contributed by atoms with Gasteiger partial charge in [-0.1, -0.05) is 37.5 Å². The highest BCUT2D eigenvalue weighted by Crippen LogP contribution is 2.39. The molecule has 1 aromatic carbocycles. The van der Waals surface area contributed by atoms with Crippen molar-refractivity contribution in [3.63, 3.8) is 0 Å². The van der Waals surface area contributed by atoms with Gasteiger partial charge in [0.05, 0.1) is 5.60 Å². The third-order valence-electron chi connectivity index (χ3n) is 4.17. The van der Waals surface area contributed by atoms with Crippen LogP contribution in [0.1, 0.15) is 54.9 Å². The van der Waals surface area contributed by atoms with Crippen LogP contribution in [-0.2, 0) is 0 Å². The number of aryl methyl sites for hydroxylation is 1. The molecule has 1 aliphatic rings. The van der Waals surface area contributed by atoms with Crippen LogP contribution in [0.3, 0.4) is 0 Å². The fourth-order valence-corrected chi connectivity index (χ4v) is 2.80. The Balaban J connectivity index is 2.29. The fraction of sp³-hybridized carbons (Fsp3) is 0.600. The maximum atomic E-state index is 10.6. The maximum absolute atomic E-state index is 10.6. The van der Waals surface area contributed by atoms with Gasteiger partial charge in [0.1, 0.15) is 6.10 Å². The first-order valence-electron chi connectivity index (χ1n) is 6.51. The first-order valence-corrected chi connectivity index (χ1v) is 6.51. The highest BCUT2D eigenvalue weighted by molar-refractivity contribution is 5.35. The predicted molar refractivity (Wildman–Crippen MR) is 68.9 cm³/mol. The zero-order valence-electron chi connectivity index (χ0n) is 10.7. The van der Waals surface area contributed by atoms with E-state index in [4.69, 9.17) is 0 Å². The summed E-state index contributed by atoms with van der Waals surface area (Å²) in [6.45, 7) is 4.05. The molecule has 1 fully saturated rings. The molecular formula is C15H22O2. The zero-order valence-corrected chi connectivity index (χ0v) is 10.7. The molecule has 1 aliphatic carbocycles. The van der Waals surface area contributed by atoms with Gasteiger partial charge in [-0.2, -0.15) is 0 Å². The average Bonchev–Trinajstić information content (AvgIpc) is 2.33. The first-order chi connectivity index (χ1) is 8.04. The first kappa shape index (κ1) is 12.6. The summed E-state index contributed by atoms with van der Waals surface area (Å²) >= 11 is 0. The maximum Gasteiger partial charge on any atom is 0.108 e. The van der Waals surface area contributed by atoms with Crippen LogP contribution >= 0.6 is 0 Å².